The van der Waals surface area contributed by atoms with E-state index in [9.17, 15) is 9.18 Å². The van der Waals surface area contributed by atoms with Gasteiger partial charge >= 0.3 is 6.03 Å². The molecule has 2 amide bonds. The summed E-state index contributed by atoms with van der Waals surface area (Å²) in [6.45, 7) is 1.80. The Morgan fingerprint density at radius 2 is 1.90 bits per heavy atom. The molecule has 0 aliphatic heterocycles. The molecule has 0 aliphatic carbocycles. The average Bonchev–Trinajstić information content (AvgIpc) is 3.09. The summed E-state index contributed by atoms with van der Waals surface area (Å²) in [5.41, 5.74) is 2.76. The Bertz CT molecular complexity index is 1260. The summed E-state index contributed by atoms with van der Waals surface area (Å²) in [5, 5.41) is 5.32. The maximum absolute atomic E-state index is 13.8. The van der Waals surface area contributed by atoms with Crippen molar-refractivity contribution in [2.45, 2.75) is 6.92 Å². The van der Waals surface area contributed by atoms with E-state index in [0.717, 1.165) is 16.6 Å². The molecule has 9 heteroatoms. The molecule has 0 aliphatic rings. The van der Waals surface area contributed by atoms with E-state index < -0.39 is 11.8 Å². The number of nitrogens with one attached hydrogen (secondary N) is 2. The van der Waals surface area contributed by atoms with Crippen LogP contribution in [0.15, 0.2) is 55.0 Å². The second-order valence-electron chi connectivity index (χ2n) is 6.65. The third kappa shape index (κ3) is 4.04. The SMILES string of the molecule is Cc1ccc(F)c(NC(=O)Nc2ccc(Oc3ncnc4ccn(C)c34)cc2Cl)c1. The van der Waals surface area contributed by atoms with Crippen LogP contribution in [0.4, 0.5) is 20.6 Å². The molecule has 0 fully saturated rings. The molecule has 7 nitrogen and oxygen atoms in total. The molecule has 0 spiro atoms. The summed E-state index contributed by atoms with van der Waals surface area (Å²) < 4.78 is 21.5. The minimum absolute atomic E-state index is 0.0823. The molecule has 0 radical (unpaired) electrons. The Hall–Kier alpha value is -3.65. The molecule has 0 unspecified atom stereocenters. The lowest BCUT2D eigenvalue weighted by molar-refractivity contribution is 0.262. The first-order valence-electron chi connectivity index (χ1n) is 8.98. The average molecular weight is 426 g/mol. The van der Waals surface area contributed by atoms with Crippen LogP contribution in [-0.4, -0.2) is 20.6 Å². The van der Waals surface area contributed by atoms with Crippen molar-refractivity contribution >= 4 is 40.0 Å². The van der Waals surface area contributed by atoms with E-state index in [1.807, 2.05) is 23.9 Å². The predicted molar refractivity (Wildman–Crippen MR) is 114 cm³/mol. The maximum Gasteiger partial charge on any atom is 0.323 e. The predicted octanol–water partition coefficient (Wildman–Crippen LogP) is 5.51. The van der Waals surface area contributed by atoms with Crippen LogP contribution in [0.3, 0.4) is 0 Å². The second-order valence-corrected chi connectivity index (χ2v) is 7.05. The highest BCUT2D eigenvalue weighted by atomic mass is 35.5. The van der Waals surface area contributed by atoms with Gasteiger partial charge < -0.3 is 19.9 Å². The Kier molecular flexibility index (Phi) is 5.24. The van der Waals surface area contributed by atoms with Gasteiger partial charge in [0.05, 0.1) is 21.9 Å². The van der Waals surface area contributed by atoms with Gasteiger partial charge in [0.15, 0.2) is 0 Å². The smallest absolute Gasteiger partial charge is 0.323 e. The van der Waals surface area contributed by atoms with Gasteiger partial charge in [-0.1, -0.05) is 17.7 Å². The Labute approximate surface area is 176 Å². The van der Waals surface area contributed by atoms with Crippen LogP contribution in [0, 0.1) is 12.7 Å². The van der Waals surface area contributed by atoms with Gasteiger partial charge in [-0.05, 0) is 42.8 Å². The van der Waals surface area contributed by atoms with Crippen molar-refractivity contribution < 1.29 is 13.9 Å². The van der Waals surface area contributed by atoms with Crippen molar-refractivity contribution in [3.8, 4) is 11.6 Å². The third-order valence-corrected chi connectivity index (χ3v) is 4.71. The molecule has 0 saturated heterocycles. The molecule has 0 atom stereocenters. The normalized spacial score (nSPS) is 10.8. The standard InChI is InChI=1S/C21H17ClFN5O2/c1-12-3-5-15(23)18(9-12)27-21(29)26-16-6-4-13(10-14(16)22)30-20-19-17(24-11-25-20)7-8-28(19)2/h3-11H,1-2H3,(H2,26,27,29). The number of fused-ring (bicyclic) bond motifs is 1. The first-order chi connectivity index (χ1) is 14.4. The first-order valence-corrected chi connectivity index (χ1v) is 9.36. The first kappa shape index (κ1) is 19.7. The topological polar surface area (TPSA) is 81.1 Å². The van der Waals surface area contributed by atoms with Crippen LogP contribution in [0.2, 0.25) is 5.02 Å². The number of benzene rings is 2. The minimum Gasteiger partial charge on any atom is -0.437 e. The van der Waals surface area contributed by atoms with Crippen LogP contribution < -0.4 is 15.4 Å². The van der Waals surface area contributed by atoms with Crippen LogP contribution in [0.5, 0.6) is 11.6 Å². The summed E-state index contributed by atoms with van der Waals surface area (Å²) in [6, 6.07) is 10.5. The van der Waals surface area contributed by atoms with Crippen molar-refractivity contribution in [2.75, 3.05) is 10.6 Å². The van der Waals surface area contributed by atoms with Crippen molar-refractivity contribution in [1.82, 2.24) is 14.5 Å². The minimum atomic E-state index is -0.614. The number of urea groups is 1. The highest BCUT2D eigenvalue weighted by Gasteiger charge is 2.13. The van der Waals surface area contributed by atoms with Crippen LogP contribution >= 0.6 is 11.6 Å². The Morgan fingerprint density at radius 3 is 2.70 bits per heavy atom. The van der Waals surface area contributed by atoms with E-state index in [1.54, 1.807) is 37.3 Å². The molecule has 2 aromatic carbocycles. The van der Waals surface area contributed by atoms with Crippen LogP contribution in [-0.2, 0) is 7.05 Å². The van der Waals surface area contributed by atoms with Gasteiger partial charge in [-0.25, -0.2) is 14.2 Å². The van der Waals surface area contributed by atoms with Gasteiger partial charge in [-0.2, -0.15) is 4.98 Å². The van der Waals surface area contributed by atoms with E-state index in [2.05, 4.69) is 20.6 Å². The lowest BCUT2D eigenvalue weighted by atomic mass is 10.2. The molecule has 4 rings (SSSR count). The number of hydrogen-bond donors (Lipinski definition) is 2. The van der Waals surface area contributed by atoms with Crippen molar-refractivity contribution in [1.29, 1.82) is 0 Å². The van der Waals surface area contributed by atoms with Crippen molar-refractivity contribution in [2.24, 2.45) is 7.05 Å². The number of ether oxygens (including phenoxy) is 1. The quantitative estimate of drug-likeness (QED) is 0.452. The zero-order valence-electron chi connectivity index (χ0n) is 16.1. The maximum atomic E-state index is 13.8. The fraction of sp³-hybridized carbons (Fsp3) is 0.0952. The van der Waals surface area contributed by atoms with Gasteiger partial charge in [-0.15, -0.1) is 0 Å². The highest BCUT2D eigenvalue weighted by molar-refractivity contribution is 6.34. The summed E-state index contributed by atoms with van der Waals surface area (Å²) >= 11 is 6.29. The van der Waals surface area contributed by atoms with E-state index in [1.165, 1.54) is 12.4 Å². The van der Waals surface area contributed by atoms with E-state index in [0.29, 0.717) is 17.3 Å². The lowest BCUT2D eigenvalue weighted by Gasteiger charge is -2.12. The molecular formula is C21H17ClFN5O2. The highest BCUT2D eigenvalue weighted by Crippen LogP contribution is 2.31. The number of rotatable bonds is 4. The number of carbonyl (C=O) groups excluding carboxylic acids is 1. The molecule has 0 saturated carbocycles. The second kappa shape index (κ2) is 8.00. The number of nitrogens with zero attached hydrogens (tertiary/aromatic N) is 3. The van der Waals surface area contributed by atoms with E-state index in [-0.39, 0.29) is 10.7 Å². The van der Waals surface area contributed by atoms with Gasteiger partial charge in [0.25, 0.3) is 0 Å². The number of aromatic nitrogens is 3. The van der Waals surface area contributed by atoms with Crippen molar-refractivity contribution in [3.63, 3.8) is 0 Å². The molecule has 2 aromatic heterocycles. The number of halogens is 2. The number of anilines is 2. The fourth-order valence-corrected chi connectivity index (χ4v) is 3.16. The van der Waals surface area contributed by atoms with Gasteiger partial charge in [0, 0.05) is 19.3 Å². The Morgan fingerprint density at radius 1 is 1.10 bits per heavy atom. The van der Waals surface area contributed by atoms with E-state index >= 15 is 0 Å². The van der Waals surface area contributed by atoms with Crippen molar-refractivity contribution in [3.05, 3.63) is 71.4 Å². The van der Waals surface area contributed by atoms with E-state index in [4.69, 9.17) is 16.3 Å². The molecule has 0 bridgehead atoms. The summed E-state index contributed by atoms with van der Waals surface area (Å²) in [4.78, 5) is 20.6. The monoisotopic (exact) mass is 425 g/mol. The molecule has 2 heterocycles. The number of carbonyl (C=O) groups is 1. The summed E-state index contributed by atoms with van der Waals surface area (Å²) in [5.74, 6) is 0.302. The molecule has 152 valence electrons. The van der Waals surface area contributed by atoms with Crippen LogP contribution in [0.1, 0.15) is 5.56 Å². The van der Waals surface area contributed by atoms with Gasteiger partial charge in [0.2, 0.25) is 5.88 Å². The van der Waals surface area contributed by atoms with Gasteiger partial charge in [-0.3, -0.25) is 0 Å². The largest absolute Gasteiger partial charge is 0.437 e. The number of hydrogen-bond acceptors (Lipinski definition) is 4. The summed E-state index contributed by atoms with van der Waals surface area (Å²) in [6.07, 6.45) is 3.28. The Balaban J connectivity index is 1.50. The number of aryl methyl sites for hydroxylation is 2. The zero-order valence-corrected chi connectivity index (χ0v) is 16.9. The molecular weight excluding hydrogens is 409 g/mol. The van der Waals surface area contributed by atoms with Crippen LogP contribution in [0.25, 0.3) is 11.0 Å². The summed E-state index contributed by atoms with van der Waals surface area (Å²) in [7, 11) is 1.87. The molecule has 4 aromatic rings. The number of amides is 2. The fourth-order valence-electron chi connectivity index (χ4n) is 2.94. The molecule has 30 heavy (non-hydrogen) atoms. The van der Waals surface area contributed by atoms with Gasteiger partial charge in [0.1, 0.15) is 23.4 Å². The molecule has 2 N–H and O–H groups in total. The zero-order chi connectivity index (χ0) is 21.3. The third-order valence-electron chi connectivity index (χ3n) is 4.40. The lowest BCUT2D eigenvalue weighted by Crippen LogP contribution is -2.20.